The van der Waals surface area contributed by atoms with E-state index < -0.39 is 0 Å². The summed E-state index contributed by atoms with van der Waals surface area (Å²) >= 11 is 6.24. The van der Waals surface area contributed by atoms with Crippen LogP contribution in [0.15, 0.2) is 24.7 Å². The fraction of sp³-hybridized carbons (Fsp3) is 0.600. The van der Waals surface area contributed by atoms with Crippen molar-refractivity contribution in [2.45, 2.75) is 51.4 Å². The van der Waals surface area contributed by atoms with Gasteiger partial charge in [0.05, 0.1) is 5.56 Å². The van der Waals surface area contributed by atoms with E-state index in [0.29, 0.717) is 23.3 Å². The molecule has 0 spiro atoms. The van der Waals surface area contributed by atoms with Gasteiger partial charge in [0.1, 0.15) is 0 Å². The van der Waals surface area contributed by atoms with Gasteiger partial charge in [-0.3, -0.25) is 4.79 Å². The lowest BCUT2D eigenvalue weighted by Gasteiger charge is -2.57. The maximum Gasteiger partial charge on any atom is 0.250 e. The molecular formula is C20H23ClN4O. The van der Waals surface area contributed by atoms with E-state index in [1.165, 1.54) is 43.2 Å². The molecule has 4 bridgehead atoms. The fourth-order valence-electron chi connectivity index (χ4n) is 6.16. The Bertz CT molecular complexity index is 796. The minimum Gasteiger partial charge on any atom is -0.294 e. The summed E-state index contributed by atoms with van der Waals surface area (Å²) in [6, 6.07) is 1.74. The molecule has 4 aliphatic carbocycles. The molecule has 0 amide bonds. The molecule has 0 atom stereocenters. The van der Waals surface area contributed by atoms with E-state index in [0.717, 1.165) is 24.2 Å². The number of hydrogen-bond acceptors (Lipinski definition) is 4. The van der Waals surface area contributed by atoms with E-state index in [4.69, 9.17) is 11.6 Å². The topological polar surface area (TPSA) is 60.7 Å². The van der Waals surface area contributed by atoms with E-state index in [2.05, 4.69) is 15.1 Å². The molecule has 4 aliphatic rings. The summed E-state index contributed by atoms with van der Waals surface area (Å²) in [5, 5.41) is 4.46. The summed E-state index contributed by atoms with van der Waals surface area (Å²) in [5.41, 5.74) is 0.902. The molecule has 0 aliphatic heterocycles. The zero-order valence-corrected chi connectivity index (χ0v) is 15.5. The van der Waals surface area contributed by atoms with Crippen molar-refractivity contribution in [2.24, 2.45) is 23.2 Å². The second-order valence-corrected chi connectivity index (χ2v) is 9.03. The van der Waals surface area contributed by atoms with Gasteiger partial charge in [0, 0.05) is 25.0 Å². The lowest BCUT2D eigenvalue weighted by atomic mass is 9.48. The minimum absolute atomic E-state index is 0.0907. The normalized spacial score (nSPS) is 32.1. The smallest absolute Gasteiger partial charge is 0.250 e. The second-order valence-electron chi connectivity index (χ2n) is 8.67. The third-order valence-electron chi connectivity index (χ3n) is 6.77. The van der Waals surface area contributed by atoms with Gasteiger partial charge < -0.3 is 0 Å². The number of hydrogen-bond donors (Lipinski definition) is 0. The van der Waals surface area contributed by atoms with Crippen LogP contribution >= 0.6 is 11.6 Å². The summed E-state index contributed by atoms with van der Waals surface area (Å²) in [4.78, 5) is 21.1. The highest BCUT2D eigenvalue weighted by atomic mass is 35.5. The SMILES string of the molecule is O=C(CCC12CC3CC(CC(C3)C1)C2)c1cn(-c2ncccn2)nc1Cl. The average Bonchev–Trinajstić information content (AvgIpc) is 3.01. The van der Waals surface area contributed by atoms with Crippen molar-refractivity contribution in [3.05, 3.63) is 35.4 Å². The first-order chi connectivity index (χ1) is 12.6. The van der Waals surface area contributed by atoms with E-state index in [1.807, 2.05) is 0 Å². The molecule has 2 aromatic rings. The van der Waals surface area contributed by atoms with Crippen molar-refractivity contribution < 1.29 is 4.79 Å². The van der Waals surface area contributed by atoms with Crippen molar-refractivity contribution in [1.29, 1.82) is 0 Å². The summed E-state index contributed by atoms with van der Waals surface area (Å²) in [7, 11) is 0. The van der Waals surface area contributed by atoms with Crippen molar-refractivity contribution in [3.63, 3.8) is 0 Å². The van der Waals surface area contributed by atoms with Crippen LogP contribution in [0.3, 0.4) is 0 Å². The quantitative estimate of drug-likeness (QED) is 0.727. The minimum atomic E-state index is 0.0907. The Labute approximate surface area is 158 Å². The zero-order valence-electron chi connectivity index (χ0n) is 14.8. The molecule has 0 N–H and O–H groups in total. The van der Waals surface area contributed by atoms with E-state index in [1.54, 1.807) is 24.7 Å². The lowest BCUT2D eigenvalue weighted by molar-refractivity contribution is -0.0570. The molecule has 136 valence electrons. The molecule has 4 fully saturated rings. The van der Waals surface area contributed by atoms with Crippen LogP contribution < -0.4 is 0 Å². The molecule has 26 heavy (non-hydrogen) atoms. The van der Waals surface area contributed by atoms with Crippen molar-refractivity contribution in [2.75, 3.05) is 0 Å². The predicted molar refractivity (Wildman–Crippen MR) is 98.3 cm³/mol. The largest absolute Gasteiger partial charge is 0.294 e. The van der Waals surface area contributed by atoms with Gasteiger partial charge in [-0.15, -0.1) is 0 Å². The Kier molecular flexibility index (Phi) is 3.89. The molecule has 2 aromatic heterocycles. The highest BCUT2D eigenvalue weighted by Gasteiger charge is 2.50. The van der Waals surface area contributed by atoms with Gasteiger partial charge in [-0.2, -0.15) is 5.10 Å². The molecule has 4 saturated carbocycles. The molecule has 0 radical (unpaired) electrons. The number of halogens is 1. The fourth-order valence-corrected chi connectivity index (χ4v) is 6.40. The monoisotopic (exact) mass is 370 g/mol. The van der Waals surface area contributed by atoms with Gasteiger partial charge in [0.15, 0.2) is 10.9 Å². The molecule has 6 heteroatoms. The first-order valence-electron chi connectivity index (χ1n) is 9.66. The van der Waals surface area contributed by atoms with Gasteiger partial charge in [-0.1, -0.05) is 11.6 Å². The maximum atomic E-state index is 12.8. The van der Waals surface area contributed by atoms with Gasteiger partial charge in [-0.05, 0) is 74.2 Å². The Morgan fingerprint density at radius 1 is 1.12 bits per heavy atom. The third-order valence-corrected chi connectivity index (χ3v) is 7.05. The number of carbonyl (C=O) groups is 1. The number of aromatic nitrogens is 4. The van der Waals surface area contributed by atoms with E-state index >= 15 is 0 Å². The van der Waals surface area contributed by atoms with Crippen LogP contribution in [0.2, 0.25) is 5.15 Å². The Morgan fingerprint density at radius 2 is 1.73 bits per heavy atom. The number of ketones is 1. The van der Waals surface area contributed by atoms with Crippen LogP contribution in [0, 0.1) is 23.2 Å². The van der Waals surface area contributed by atoms with Crippen molar-refractivity contribution in [3.8, 4) is 5.95 Å². The molecular weight excluding hydrogens is 348 g/mol. The number of nitrogens with zero attached hydrogens (tertiary/aromatic N) is 4. The molecule has 0 unspecified atom stereocenters. The van der Waals surface area contributed by atoms with Gasteiger partial charge in [-0.25, -0.2) is 14.6 Å². The van der Waals surface area contributed by atoms with Crippen molar-refractivity contribution >= 4 is 17.4 Å². The Hall–Kier alpha value is -1.75. The van der Waals surface area contributed by atoms with E-state index in [-0.39, 0.29) is 10.9 Å². The molecule has 5 nitrogen and oxygen atoms in total. The maximum absolute atomic E-state index is 12.8. The summed E-state index contributed by atoms with van der Waals surface area (Å²) in [5.74, 6) is 3.26. The molecule has 0 saturated heterocycles. The van der Waals surface area contributed by atoms with Gasteiger partial charge in [0.25, 0.3) is 0 Å². The summed E-state index contributed by atoms with van der Waals surface area (Å²) in [6.07, 6.45) is 14.8. The van der Waals surface area contributed by atoms with Crippen LogP contribution in [-0.2, 0) is 0 Å². The molecule has 0 aromatic carbocycles. The highest BCUT2D eigenvalue weighted by molar-refractivity contribution is 6.32. The van der Waals surface area contributed by atoms with Crippen LogP contribution in [-0.4, -0.2) is 25.5 Å². The average molecular weight is 371 g/mol. The summed E-state index contributed by atoms with van der Waals surface area (Å²) < 4.78 is 1.49. The predicted octanol–water partition coefficient (Wildman–Crippen LogP) is 4.50. The van der Waals surface area contributed by atoms with Crippen LogP contribution in [0.5, 0.6) is 0 Å². The first-order valence-corrected chi connectivity index (χ1v) is 10.0. The zero-order chi connectivity index (χ0) is 17.7. The van der Waals surface area contributed by atoms with E-state index in [9.17, 15) is 4.79 Å². The lowest BCUT2D eigenvalue weighted by Crippen LogP contribution is -2.46. The second kappa shape index (κ2) is 6.15. The molecule has 6 rings (SSSR count). The molecule has 2 heterocycles. The van der Waals surface area contributed by atoms with Gasteiger partial charge >= 0.3 is 0 Å². The number of rotatable bonds is 5. The highest BCUT2D eigenvalue weighted by Crippen LogP contribution is 2.61. The Balaban J connectivity index is 1.30. The van der Waals surface area contributed by atoms with Gasteiger partial charge in [0.2, 0.25) is 5.95 Å². The van der Waals surface area contributed by atoms with Crippen LogP contribution in [0.4, 0.5) is 0 Å². The van der Waals surface area contributed by atoms with Crippen LogP contribution in [0.1, 0.15) is 61.7 Å². The Morgan fingerprint density at radius 3 is 2.35 bits per heavy atom. The first kappa shape index (κ1) is 16.4. The third kappa shape index (κ3) is 2.86. The summed E-state index contributed by atoms with van der Waals surface area (Å²) in [6.45, 7) is 0. The number of Topliss-reactive ketones (excluding diaryl/α,β-unsaturated/α-hetero) is 1. The van der Waals surface area contributed by atoms with Crippen molar-refractivity contribution in [1.82, 2.24) is 19.7 Å². The van der Waals surface area contributed by atoms with Crippen LogP contribution in [0.25, 0.3) is 5.95 Å². The number of carbonyl (C=O) groups excluding carboxylic acids is 1. The standard InChI is InChI=1S/C20H23ClN4O/c21-18-16(12-25(24-18)19-22-4-1-5-23-19)17(26)2-3-20-9-13-6-14(10-20)8-15(7-13)11-20/h1,4-5,12-15H,2-3,6-11H2.